The van der Waals surface area contributed by atoms with Crippen LogP contribution in [0, 0.1) is 5.82 Å². The standard InChI is InChI=1S/C10H7FO2S/c11-8-2-1-6(3-12)10-9(8)7(4-13)5-14-10/h1-2,4-5,12H,3H2. The molecule has 0 aliphatic rings. The van der Waals surface area contributed by atoms with Gasteiger partial charge in [-0.15, -0.1) is 11.3 Å². The Hall–Kier alpha value is -1.26. The number of hydrogen-bond donors (Lipinski definition) is 1. The van der Waals surface area contributed by atoms with Gasteiger partial charge < -0.3 is 5.11 Å². The summed E-state index contributed by atoms with van der Waals surface area (Å²) >= 11 is 1.27. The maximum atomic E-state index is 13.3. The largest absolute Gasteiger partial charge is 0.392 e. The van der Waals surface area contributed by atoms with E-state index >= 15 is 0 Å². The van der Waals surface area contributed by atoms with Crippen molar-refractivity contribution in [3.05, 3.63) is 34.5 Å². The summed E-state index contributed by atoms with van der Waals surface area (Å²) in [6.07, 6.45) is 0.628. The quantitative estimate of drug-likeness (QED) is 0.772. The van der Waals surface area contributed by atoms with E-state index in [1.54, 1.807) is 5.38 Å². The minimum absolute atomic E-state index is 0.143. The molecule has 1 aromatic carbocycles. The molecule has 0 fully saturated rings. The van der Waals surface area contributed by atoms with Crippen LogP contribution < -0.4 is 0 Å². The van der Waals surface area contributed by atoms with Gasteiger partial charge in [0.2, 0.25) is 0 Å². The van der Waals surface area contributed by atoms with Gasteiger partial charge in [-0.1, -0.05) is 6.07 Å². The summed E-state index contributed by atoms with van der Waals surface area (Å²) in [7, 11) is 0. The molecule has 0 unspecified atom stereocenters. The fraction of sp³-hybridized carbons (Fsp3) is 0.100. The van der Waals surface area contributed by atoms with Gasteiger partial charge in [0.25, 0.3) is 0 Å². The summed E-state index contributed by atoms with van der Waals surface area (Å²) < 4.78 is 14.0. The van der Waals surface area contributed by atoms with Gasteiger partial charge >= 0.3 is 0 Å². The zero-order valence-corrected chi connectivity index (χ0v) is 7.97. The van der Waals surface area contributed by atoms with Crippen LogP contribution in [0.1, 0.15) is 15.9 Å². The number of fused-ring (bicyclic) bond motifs is 1. The van der Waals surface area contributed by atoms with Crippen molar-refractivity contribution < 1.29 is 14.3 Å². The van der Waals surface area contributed by atoms with Crippen LogP contribution in [0.5, 0.6) is 0 Å². The average molecular weight is 210 g/mol. The van der Waals surface area contributed by atoms with E-state index in [4.69, 9.17) is 5.11 Å². The van der Waals surface area contributed by atoms with Crippen LogP contribution in [0.2, 0.25) is 0 Å². The monoisotopic (exact) mass is 210 g/mol. The molecule has 0 atom stereocenters. The minimum Gasteiger partial charge on any atom is -0.392 e. The normalized spacial score (nSPS) is 10.7. The highest BCUT2D eigenvalue weighted by Crippen LogP contribution is 2.30. The fourth-order valence-electron chi connectivity index (χ4n) is 1.40. The molecule has 0 saturated heterocycles. The van der Waals surface area contributed by atoms with Crippen LogP contribution in [0.25, 0.3) is 10.1 Å². The molecular weight excluding hydrogens is 203 g/mol. The molecule has 2 nitrogen and oxygen atoms in total. The van der Waals surface area contributed by atoms with Crippen LogP contribution in [0.4, 0.5) is 4.39 Å². The molecule has 2 rings (SSSR count). The lowest BCUT2D eigenvalue weighted by Crippen LogP contribution is -1.87. The SMILES string of the molecule is O=Cc1csc2c(CO)ccc(F)c12. The lowest BCUT2D eigenvalue weighted by Gasteiger charge is -1.99. The van der Waals surface area contributed by atoms with Crippen molar-refractivity contribution >= 4 is 27.7 Å². The maximum Gasteiger partial charge on any atom is 0.151 e. The molecule has 1 heterocycles. The molecule has 0 aliphatic carbocycles. The third-order valence-electron chi connectivity index (χ3n) is 2.08. The van der Waals surface area contributed by atoms with E-state index in [0.29, 0.717) is 27.5 Å². The number of halogens is 1. The van der Waals surface area contributed by atoms with Crippen molar-refractivity contribution in [1.29, 1.82) is 0 Å². The fourth-order valence-corrected chi connectivity index (χ4v) is 2.43. The van der Waals surface area contributed by atoms with Crippen molar-refractivity contribution in [3.63, 3.8) is 0 Å². The molecule has 0 spiro atoms. The van der Waals surface area contributed by atoms with E-state index < -0.39 is 5.82 Å². The lowest BCUT2D eigenvalue weighted by molar-refractivity contribution is 0.112. The summed E-state index contributed by atoms with van der Waals surface area (Å²) in [5.41, 5.74) is 0.998. The second-order valence-corrected chi connectivity index (χ2v) is 3.76. The van der Waals surface area contributed by atoms with Crippen molar-refractivity contribution in [2.45, 2.75) is 6.61 Å². The van der Waals surface area contributed by atoms with Gasteiger partial charge in [-0.25, -0.2) is 4.39 Å². The zero-order chi connectivity index (χ0) is 10.1. The molecule has 4 heteroatoms. The molecule has 0 aliphatic heterocycles. The van der Waals surface area contributed by atoms with E-state index in [2.05, 4.69) is 0 Å². The second-order valence-electron chi connectivity index (χ2n) is 2.88. The highest BCUT2D eigenvalue weighted by Gasteiger charge is 2.11. The molecule has 1 aromatic heterocycles. The molecule has 1 N–H and O–H groups in total. The Morgan fingerprint density at radius 2 is 2.29 bits per heavy atom. The molecule has 14 heavy (non-hydrogen) atoms. The maximum absolute atomic E-state index is 13.3. The number of benzene rings is 1. The van der Waals surface area contributed by atoms with Gasteiger partial charge in [-0.2, -0.15) is 0 Å². The number of carbonyl (C=O) groups is 1. The van der Waals surface area contributed by atoms with Crippen LogP contribution in [0.3, 0.4) is 0 Å². The molecule has 0 bridgehead atoms. The summed E-state index contributed by atoms with van der Waals surface area (Å²) in [5, 5.41) is 10.9. The Kier molecular flexibility index (Phi) is 2.31. The van der Waals surface area contributed by atoms with Gasteiger partial charge in [0.05, 0.1) is 6.61 Å². The zero-order valence-electron chi connectivity index (χ0n) is 7.16. The summed E-state index contributed by atoms with van der Waals surface area (Å²) in [6.45, 7) is -0.143. The van der Waals surface area contributed by atoms with Crippen molar-refractivity contribution in [2.75, 3.05) is 0 Å². The summed E-state index contributed by atoms with van der Waals surface area (Å²) in [5.74, 6) is -0.416. The number of aldehydes is 1. The molecular formula is C10H7FO2S. The van der Waals surface area contributed by atoms with E-state index in [-0.39, 0.29) is 6.61 Å². The number of rotatable bonds is 2. The molecule has 72 valence electrons. The number of aliphatic hydroxyl groups excluding tert-OH is 1. The highest BCUT2D eigenvalue weighted by molar-refractivity contribution is 7.17. The first-order valence-electron chi connectivity index (χ1n) is 4.02. The first kappa shape index (κ1) is 9.30. The Morgan fingerprint density at radius 1 is 1.50 bits per heavy atom. The van der Waals surface area contributed by atoms with Crippen molar-refractivity contribution in [1.82, 2.24) is 0 Å². The Bertz CT molecular complexity index is 490. The number of hydrogen-bond acceptors (Lipinski definition) is 3. The Balaban J connectivity index is 2.86. The van der Waals surface area contributed by atoms with Crippen LogP contribution in [-0.4, -0.2) is 11.4 Å². The third-order valence-corrected chi connectivity index (χ3v) is 3.15. The van der Waals surface area contributed by atoms with Gasteiger partial charge in [-0.3, -0.25) is 4.79 Å². The average Bonchev–Trinajstić information content (AvgIpc) is 2.63. The van der Waals surface area contributed by atoms with E-state index in [9.17, 15) is 9.18 Å². The van der Waals surface area contributed by atoms with E-state index in [1.165, 1.54) is 23.5 Å². The van der Waals surface area contributed by atoms with E-state index in [1.807, 2.05) is 0 Å². The lowest BCUT2D eigenvalue weighted by atomic mass is 10.1. The number of carbonyl (C=O) groups excluding carboxylic acids is 1. The smallest absolute Gasteiger partial charge is 0.151 e. The van der Waals surface area contributed by atoms with Crippen molar-refractivity contribution in [2.24, 2.45) is 0 Å². The first-order chi connectivity index (χ1) is 6.77. The number of aliphatic hydroxyl groups is 1. The van der Waals surface area contributed by atoms with Crippen molar-refractivity contribution in [3.8, 4) is 0 Å². The topological polar surface area (TPSA) is 37.3 Å². The third kappa shape index (κ3) is 1.23. The van der Waals surface area contributed by atoms with Crippen LogP contribution in [-0.2, 0) is 6.61 Å². The van der Waals surface area contributed by atoms with Gasteiger partial charge in [-0.05, 0) is 11.6 Å². The van der Waals surface area contributed by atoms with Gasteiger partial charge in [0, 0.05) is 21.0 Å². The Morgan fingerprint density at radius 3 is 2.93 bits per heavy atom. The molecule has 0 saturated carbocycles. The van der Waals surface area contributed by atoms with Crippen LogP contribution >= 0.6 is 11.3 Å². The van der Waals surface area contributed by atoms with Crippen LogP contribution in [0.15, 0.2) is 17.5 Å². The second kappa shape index (κ2) is 3.48. The van der Waals surface area contributed by atoms with E-state index in [0.717, 1.165) is 0 Å². The van der Waals surface area contributed by atoms with Gasteiger partial charge in [0.15, 0.2) is 6.29 Å². The summed E-state index contributed by atoms with van der Waals surface area (Å²) in [4.78, 5) is 10.6. The predicted octanol–water partition coefficient (Wildman–Crippen LogP) is 2.35. The first-order valence-corrected chi connectivity index (χ1v) is 4.90. The predicted molar refractivity (Wildman–Crippen MR) is 53.1 cm³/mol. The number of thiophene rings is 1. The minimum atomic E-state index is -0.416. The molecule has 2 aromatic rings. The molecule has 0 amide bonds. The Labute approximate surface area is 83.6 Å². The highest BCUT2D eigenvalue weighted by atomic mass is 32.1. The molecule has 0 radical (unpaired) electrons. The van der Waals surface area contributed by atoms with Gasteiger partial charge in [0.1, 0.15) is 5.82 Å². The summed E-state index contributed by atoms with van der Waals surface area (Å²) in [6, 6.07) is 2.80.